The summed E-state index contributed by atoms with van der Waals surface area (Å²) in [5, 5.41) is 5.37. The van der Waals surface area contributed by atoms with E-state index in [-0.39, 0.29) is 22.6 Å². The van der Waals surface area contributed by atoms with Gasteiger partial charge in [-0.25, -0.2) is 18.1 Å². The second-order valence-corrected chi connectivity index (χ2v) is 10.0. The number of benzene rings is 1. The molecular formula is C20H26N4O4S2. The van der Waals surface area contributed by atoms with Crippen molar-refractivity contribution in [1.82, 2.24) is 14.6 Å². The molecule has 30 heavy (non-hydrogen) atoms. The van der Waals surface area contributed by atoms with Crippen LogP contribution in [0.1, 0.15) is 30.5 Å². The molecule has 0 atom stereocenters. The van der Waals surface area contributed by atoms with Crippen molar-refractivity contribution >= 4 is 38.3 Å². The molecule has 0 aliphatic carbocycles. The van der Waals surface area contributed by atoms with Gasteiger partial charge >= 0.3 is 0 Å². The van der Waals surface area contributed by atoms with Crippen LogP contribution in [0.3, 0.4) is 0 Å². The zero-order chi connectivity index (χ0) is 21.7. The minimum Gasteiger partial charge on any atom is -0.343 e. The third kappa shape index (κ3) is 5.65. The molecule has 1 fully saturated rings. The maximum atomic E-state index is 12.5. The summed E-state index contributed by atoms with van der Waals surface area (Å²) in [6, 6.07) is 6.54. The first-order chi connectivity index (χ1) is 14.3. The predicted octanol–water partition coefficient (Wildman–Crippen LogP) is 2.17. The second-order valence-electron chi connectivity index (χ2n) is 7.29. The van der Waals surface area contributed by atoms with E-state index in [4.69, 9.17) is 0 Å². The van der Waals surface area contributed by atoms with Gasteiger partial charge in [0.1, 0.15) is 0 Å². The molecule has 1 aliphatic heterocycles. The third-order valence-corrected chi connectivity index (χ3v) is 7.50. The van der Waals surface area contributed by atoms with Crippen LogP contribution in [0.15, 0.2) is 34.5 Å². The van der Waals surface area contributed by atoms with Crippen LogP contribution in [-0.4, -0.2) is 50.3 Å². The number of hydrogen-bond acceptors (Lipinski definition) is 6. The van der Waals surface area contributed by atoms with Crippen molar-refractivity contribution in [2.75, 3.05) is 25.5 Å². The molecule has 1 saturated heterocycles. The molecule has 1 aromatic heterocycles. The lowest BCUT2D eigenvalue weighted by molar-refractivity contribution is -0.134. The lowest BCUT2D eigenvalue weighted by Gasteiger charge is -2.31. The Labute approximate surface area is 180 Å². The van der Waals surface area contributed by atoms with Crippen LogP contribution in [0, 0.1) is 12.8 Å². The smallest absolute Gasteiger partial charge is 0.240 e. The standard InChI is InChI=1S/C20H26N4O4S2/c1-14-13-29-20(22-14)23-19(26)16-9-11-24(12-10-16)18(25)8-5-15-3-6-17(7-4-15)30(27,28)21-2/h3-4,6-7,13,16,21H,5,8-12H2,1-2H3,(H,22,23,26). The molecule has 2 amide bonds. The van der Waals surface area contributed by atoms with E-state index < -0.39 is 10.0 Å². The summed E-state index contributed by atoms with van der Waals surface area (Å²) in [5.74, 6) is -0.0932. The lowest BCUT2D eigenvalue weighted by atomic mass is 9.95. The van der Waals surface area contributed by atoms with Crippen LogP contribution in [0.5, 0.6) is 0 Å². The highest BCUT2D eigenvalue weighted by molar-refractivity contribution is 7.89. The van der Waals surface area contributed by atoms with Gasteiger partial charge in [-0.15, -0.1) is 11.3 Å². The van der Waals surface area contributed by atoms with Gasteiger partial charge in [0.15, 0.2) is 5.13 Å². The van der Waals surface area contributed by atoms with Crippen LogP contribution in [0.2, 0.25) is 0 Å². The summed E-state index contributed by atoms with van der Waals surface area (Å²) in [5.41, 5.74) is 1.79. The van der Waals surface area contributed by atoms with Gasteiger partial charge in [0.25, 0.3) is 0 Å². The number of nitrogens with zero attached hydrogens (tertiary/aromatic N) is 2. The van der Waals surface area contributed by atoms with Gasteiger partial charge in [-0.05, 0) is 50.9 Å². The second kappa shape index (κ2) is 9.67. The Balaban J connectivity index is 1.44. The van der Waals surface area contributed by atoms with Gasteiger partial charge in [0.05, 0.1) is 10.6 Å². The first-order valence-corrected chi connectivity index (χ1v) is 12.2. The number of nitrogens with one attached hydrogen (secondary N) is 2. The molecule has 2 heterocycles. The number of carbonyl (C=O) groups excluding carboxylic acids is 2. The Bertz CT molecular complexity index is 994. The van der Waals surface area contributed by atoms with Gasteiger partial charge in [0.2, 0.25) is 21.8 Å². The molecule has 8 nitrogen and oxygen atoms in total. The van der Waals surface area contributed by atoms with E-state index in [1.165, 1.54) is 18.4 Å². The molecule has 0 radical (unpaired) electrons. The molecule has 2 aromatic rings. The monoisotopic (exact) mass is 450 g/mol. The van der Waals surface area contributed by atoms with Gasteiger partial charge in [0, 0.05) is 30.8 Å². The van der Waals surface area contributed by atoms with Crippen LogP contribution < -0.4 is 10.0 Å². The average molecular weight is 451 g/mol. The Morgan fingerprint density at radius 2 is 1.87 bits per heavy atom. The van der Waals surface area contributed by atoms with E-state index in [0.717, 1.165) is 11.3 Å². The maximum absolute atomic E-state index is 12.5. The minimum atomic E-state index is -3.46. The van der Waals surface area contributed by atoms with E-state index in [1.54, 1.807) is 29.2 Å². The lowest BCUT2D eigenvalue weighted by Crippen LogP contribution is -2.41. The summed E-state index contributed by atoms with van der Waals surface area (Å²) in [6.07, 6.45) is 2.17. The normalized spacial score (nSPS) is 15.2. The Kier molecular flexibility index (Phi) is 7.22. The third-order valence-electron chi connectivity index (χ3n) is 5.20. The highest BCUT2D eigenvalue weighted by Crippen LogP contribution is 2.22. The van der Waals surface area contributed by atoms with E-state index in [0.29, 0.717) is 43.9 Å². The number of aromatic nitrogens is 1. The van der Waals surface area contributed by atoms with E-state index in [9.17, 15) is 18.0 Å². The Hall–Kier alpha value is -2.30. The van der Waals surface area contributed by atoms with Gasteiger partial charge in [-0.3, -0.25) is 9.59 Å². The van der Waals surface area contributed by atoms with Crippen molar-refractivity contribution in [2.24, 2.45) is 5.92 Å². The Morgan fingerprint density at radius 1 is 1.20 bits per heavy atom. The molecule has 0 unspecified atom stereocenters. The number of carbonyl (C=O) groups is 2. The topological polar surface area (TPSA) is 108 Å². The van der Waals surface area contributed by atoms with E-state index >= 15 is 0 Å². The van der Waals surface area contributed by atoms with Gasteiger partial charge in [-0.1, -0.05) is 12.1 Å². The number of sulfonamides is 1. The number of piperidine rings is 1. The van der Waals surface area contributed by atoms with Crippen LogP contribution in [0.4, 0.5) is 5.13 Å². The highest BCUT2D eigenvalue weighted by Gasteiger charge is 2.27. The molecule has 162 valence electrons. The SMILES string of the molecule is CNS(=O)(=O)c1ccc(CCC(=O)N2CCC(C(=O)Nc3nc(C)cs3)CC2)cc1. The molecule has 0 spiro atoms. The zero-order valence-electron chi connectivity index (χ0n) is 17.1. The number of amides is 2. The summed E-state index contributed by atoms with van der Waals surface area (Å²) >= 11 is 1.41. The fourth-order valence-corrected chi connectivity index (χ4v) is 4.79. The zero-order valence-corrected chi connectivity index (χ0v) is 18.7. The Morgan fingerprint density at radius 3 is 2.43 bits per heavy atom. The summed E-state index contributed by atoms with van der Waals surface area (Å²) in [6.45, 7) is 3.01. The van der Waals surface area contributed by atoms with Crippen molar-refractivity contribution in [3.63, 3.8) is 0 Å². The minimum absolute atomic E-state index is 0.0342. The highest BCUT2D eigenvalue weighted by atomic mass is 32.2. The van der Waals surface area contributed by atoms with Crippen LogP contribution in [0.25, 0.3) is 0 Å². The summed E-state index contributed by atoms with van der Waals surface area (Å²) in [7, 11) is -2.09. The number of likely N-dealkylation sites (tertiary alicyclic amines) is 1. The van der Waals surface area contributed by atoms with Gasteiger partial charge in [-0.2, -0.15) is 0 Å². The van der Waals surface area contributed by atoms with Crippen molar-refractivity contribution in [1.29, 1.82) is 0 Å². The van der Waals surface area contributed by atoms with Crippen molar-refractivity contribution in [3.05, 3.63) is 40.9 Å². The number of hydrogen-bond donors (Lipinski definition) is 2. The average Bonchev–Trinajstić information content (AvgIpc) is 3.16. The summed E-state index contributed by atoms with van der Waals surface area (Å²) in [4.78, 5) is 31.2. The molecule has 1 aromatic carbocycles. The van der Waals surface area contributed by atoms with Crippen molar-refractivity contribution in [2.45, 2.75) is 37.5 Å². The maximum Gasteiger partial charge on any atom is 0.240 e. The van der Waals surface area contributed by atoms with E-state index in [2.05, 4.69) is 15.0 Å². The number of aryl methyl sites for hydroxylation is 2. The fraction of sp³-hybridized carbons (Fsp3) is 0.450. The fourth-order valence-electron chi connectivity index (χ4n) is 3.37. The van der Waals surface area contributed by atoms with E-state index in [1.807, 2.05) is 12.3 Å². The first-order valence-electron chi connectivity index (χ1n) is 9.82. The number of thiazole rings is 1. The predicted molar refractivity (Wildman–Crippen MR) is 116 cm³/mol. The number of anilines is 1. The van der Waals surface area contributed by atoms with Crippen LogP contribution in [-0.2, 0) is 26.0 Å². The molecule has 10 heteroatoms. The molecule has 0 saturated carbocycles. The molecule has 1 aliphatic rings. The molecule has 0 bridgehead atoms. The van der Waals surface area contributed by atoms with Gasteiger partial charge < -0.3 is 10.2 Å². The largest absolute Gasteiger partial charge is 0.343 e. The molecular weight excluding hydrogens is 424 g/mol. The molecule has 2 N–H and O–H groups in total. The quantitative estimate of drug-likeness (QED) is 0.672. The number of rotatable bonds is 7. The molecule has 3 rings (SSSR count). The summed E-state index contributed by atoms with van der Waals surface area (Å²) < 4.78 is 25.8. The van der Waals surface area contributed by atoms with Crippen molar-refractivity contribution < 1.29 is 18.0 Å². The first kappa shape index (κ1) is 22.4. The van der Waals surface area contributed by atoms with Crippen molar-refractivity contribution in [3.8, 4) is 0 Å². The van der Waals surface area contributed by atoms with Crippen LogP contribution >= 0.6 is 11.3 Å².